The van der Waals surface area contributed by atoms with Gasteiger partial charge in [-0.3, -0.25) is 4.79 Å². The van der Waals surface area contributed by atoms with Crippen LogP contribution in [0.4, 0.5) is 25.8 Å². The Morgan fingerprint density at radius 1 is 1.05 bits per heavy atom. The summed E-state index contributed by atoms with van der Waals surface area (Å²) in [6.45, 7) is -0.0443. The Kier molecular flexibility index (Phi) is 2.67. The van der Waals surface area contributed by atoms with E-state index in [-0.39, 0.29) is 23.8 Å². The molecule has 1 aliphatic heterocycles. The number of hydrogen-bond acceptors (Lipinski definition) is 2. The number of carbonyl (C=O) groups is 1. The second-order valence-electron chi connectivity index (χ2n) is 4.23. The van der Waals surface area contributed by atoms with Crippen LogP contribution in [0.1, 0.15) is 0 Å². The highest BCUT2D eigenvalue weighted by molar-refractivity contribution is 6.03. The lowest BCUT2D eigenvalue weighted by atomic mass is 10.1. The summed E-state index contributed by atoms with van der Waals surface area (Å²) >= 11 is 0. The molecule has 2 aromatic rings. The van der Waals surface area contributed by atoms with E-state index in [0.29, 0.717) is 5.69 Å². The second kappa shape index (κ2) is 4.35. The molecule has 0 fully saturated rings. The molecule has 0 saturated heterocycles. The fourth-order valence-electron chi connectivity index (χ4n) is 2.15. The van der Waals surface area contributed by atoms with E-state index in [0.717, 1.165) is 6.07 Å². The van der Waals surface area contributed by atoms with Crippen molar-refractivity contribution in [3.8, 4) is 0 Å². The molecule has 1 amide bonds. The maximum atomic E-state index is 14.0. The van der Waals surface area contributed by atoms with E-state index < -0.39 is 11.6 Å². The minimum Gasteiger partial charge on any atom is -0.328 e. The zero-order valence-electron chi connectivity index (χ0n) is 9.86. The average molecular weight is 260 g/mol. The number of rotatable bonds is 1. The van der Waals surface area contributed by atoms with Crippen LogP contribution in [-0.4, -0.2) is 12.5 Å². The summed E-state index contributed by atoms with van der Waals surface area (Å²) in [5.74, 6) is -2.15. The molecule has 2 aromatic carbocycles. The van der Waals surface area contributed by atoms with Crippen LogP contribution < -0.4 is 10.2 Å². The van der Waals surface area contributed by atoms with Crippen molar-refractivity contribution in [1.29, 1.82) is 0 Å². The first-order valence-corrected chi connectivity index (χ1v) is 5.77. The molecule has 3 rings (SSSR count). The highest BCUT2D eigenvalue weighted by atomic mass is 19.2. The van der Waals surface area contributed by atoms with Gasteiger partial charge in [0.2, 0.25) is 5.91 Å². The number of benzene rings is 2. The van der Waals surface area contributed by atoms with Crippen molar-refractivity contribution in [2.75, 3.05) is 16.8 Å². The smallest absolute Gasteiger partial charge is 0.244 e. The first-order chi connectivity index (χ1) is 9.16. The van der Waals surface area contributed by atoms with Crippen LogP contribution in [-0.2, 0) is 4.79 Å². The van der Waals surface area contributed by atoms with Gasteiger partial charge in [0.25, 0.3) is 0 Å². The van der Waals surface area contributed by atoms with Gasteiger partial charge in [0.05, 0.1) is 5.69 Å². The van der Waals surface area contributed by atoms with Crippen molar-refractivity contribution in [2.45, 2.75) is 0 Å². The minimum absolute atomic E-state index is 0.0443. The van der Waals surface area contributed by atoms with E-state index in [1.165, 1.54) is 11.0 Å². The van der Waals surface area contributed by atoms with Crippen molar-refractivity contribution in [1.82, 2.24) is 0 Å². The molecule has 96 valence electrons. The molecule has 1 heterocycles. The summed E-state index contributed by atoms with van der Waals surface area (Å²) in [6.07, 6.45) is 0. The Morgan fingerprint density at radius 2 is 1.79 bits per heavy atom. The van der Waals surface area contributed by atoms with Crippen LogP contribution in [0.3, 0.4) is 0 Å². The molecule has 0 bridgehead atoms. The molecular formula is C14H10F2N2O. The van der Waals surface area contributed by atoms with Gasteiger partial charge in [-0.15, -0.1) is 0 Å². The maximum absolute atomic E-state index is 14.0. The number of anilines is 3. The molecule has 0 aromatic heterocycles. The number of para-hydroxylation sites is 1. The van der Waals surface area contributed by atoms with Crippen LogP contribution in [0, 0.1) is 11.6 Å². The highest BCUT2D eigenvalue weighted by Crippen LogP contribution is 2.37. The molecule has 3 nitrogen and oxygen atoms in total. The fraction of sp³-hybridized carbons (Fsp3) is 0.0714. The average Bonchev–Trinajstić information content (AvgIpc) is 2.43. The van der Waals surface area contributed by atoms with E-state index in [9.17, 15) is 13.6 Å². The predicted octanol–water partition coefficient (Wildman–Crippen LogP) is 3.06. The lowest BCUT2D eigenvalue weighted by Gasteiger charge is -2.31. The molecule has 0 radical (unpaired) electrons. The summed E-state index contributed by atoms with van der Waals surface area (Å²) in [5, 5.41) is 2.54. The van der Waals surface area contributed by atoms with Gasteiger partial charge >= 0.3 is 0 Å². The summed E-state index contributed by atoms with van der Waals surface area (Å²) in [5.41, 5.74) is 0.980. The highest BCUT2D eigenvalue weighted by Gasteiger charge is 2.27. The normalized spacial score (nSPS) is 14.0. The van der Waals surface area contributed by atoms with Crippen molar-refractivity contribution in [3.05, 3.63) is 54.1 Å². The fourth-order valence-corrected chi connectivity index (χ4v) is 2.15. The molecule has 0 saturated carbocycles. The van der Waals surface area contributed by atoms with Crippen molar-refractivity contribution >= 4 is 23.0 Å². The molecule has 1 aliphatic rings. The van der Waals surface area contributed by atoms with Gasteiger partial charge in [0.1, 0.15) is 12.2 Å². The van der Waals surface area contributed by atoms with Gasteiger partial charge in [-0.2, -0.15) is 0 Å². The molecular weight excluding hydrogens is 250 g/mol. The maximum Gasteiger partial charge on any atom is 0.244 e. The molecule has 1 N–H and O–H groups in total. The number of nitrogens with one attached hydrogen (secondary N) is 1. The Balaban J connectivity index is 2.19. The SMILES string of the molecule is O=C1CN(c2ccccc2)c2c(ccc(F)c2F)N1. The van der Waals surface area contributed by atoms with Gasteiger partial charge in [0.15, 0.2) is 11.6 Å². The summed E-state index contributed by atoms with van der Waals surface area (Å²) in [4.78, 5) is 13.1. The van der Waals surface area contributed by atoms with Crippen LogP contribution in [0.2, 0.25) is 0 Å². The third kappa shape index (κ3) is 1.93. The van der Waals surface area contributed by atoms with Crippen LogP contribution in [0.25, 0.3) is 0 Å². The van der Waals surface area contributed by atoms with E-state index in [1.807, 2.05) is 6.07 Å². The quantitative estimate of drug-likeness (QED) is 0.854. The molecule has 0 spiro atoms. The summed E-state index contributed by atoms with van der Waals surface area (Å²) in [6, 6.07) is 11.2. The Morgan fingerprint density at radius 3 is 2.53 bits per heavy atom. The number of nitrogens with zero attached hydrogens (tertiary/aromatic N) is 1. The van der Waals surface area contributed by atoms with Crippen molar-refractivity contribution in [2.24, 2.45) is 0 Å². The largest absolute Gasteiger partial charge is 0.328 e. The van der Waals surface area contributed by atoms with Crippen LogP contribution in [0.5, 0.6) is 0 Å². The van der Waals surface area contributed by atoms with Gasteiger partial charge < -0.3 is 10.2 Å². The lowest BCUT2D eigenvalue weighted by molar-refractivity contribution is -0.115. The van der Waals surface area contributed by atoms with E-state index in [4.69, 9.17) is 0 Å². The number of fused-ring (bicyclic) bond motifs is 1. The Bertz CT molecular complexity index is 643. The van der Waals surface area contributed by atoms with E-state index >= 15 is 0 Å². The second-order valence-corrected chi connectivity index (χ2v) is 4.23. The first kappa shape index (κ1) is 11.6. The predicted molar refractivity (Wildman–Crippen MR) is 68.4 cm³/mol. The summed E-state index contributed by atoms with van der Waals surface area (Å²) in [7, 11) is 0. The Labute approximate surface area is 108 Å². The number of hydrogen-bond donors (Lipinski definition) is 1. The van der Waals surface area contributed by atoms with Gasteiger partial charge in [-0.1, -0.05) is 18.2 Å². The van der Waals surface area contributed by atoms with Crippen LogP contribution in [0.15, 0.2) is 42.5 Å². The van der Waals surface area contributed by atoms with Gasteiger partial charge in [-0.05, 0) is 24.3 Å². The lowest BCUT2D eigenvalue weighted by Crippen LogP contribution is -2.35. The third-order valence-corrected chi connectivity index (χ3v) is 2.98. The molecule has 5 heteroatoms. The van der Waals surface area contributed by atoms with Crippen LogP contribution >= 0.6 is 0 Å². The summed E-state index contributed by atoms with van der Waals surface area (Å²) < 4.78 is 27.4. The molecule has 19 heavy (non-hydrogen) atoms. The molecule has 0 atom stereocenters. The van der Waals surface area contributed by atoms with E-state index in [2.05, 4.69) is 5.32 Å². The standard InChI is InChI=1S/C14H10F2N2O/c15-10-6-7-11-14(13(10)16)18(8-12(19)17-11)9-4-2-1-3-5-9/h1-7H,8H2,(H,17,19). The number of amides is 1. The first-order valence-electron chi connectivity index (χ1n) is 5.77. The Hall–Kier alpha value is -2.43. The zero-order valence-corrected chi connectivity index (χ0v) is 9.86. The van der Waals surface area contributed by atoms with Crippen molar-refractivity contribution in [3.63, 3.8) is 0 Å². The molecule has 0 unspecified atom stereocenters. The third-order valence-electron chi connectivity index (χ3n) is 2.98. The van der Waals surface area contributed by atoms with E-state index in [1.54, 1.807) is 24.3 Å². The van der Waals surface area contributed by atoms with Crippen molar-refractivity contribution < 1.29 is 13.6 Å². The van der Waals surface area contributed by atoms with Gasteiger partial charge in [0, 0.05) is 5.69 Å². The van der Waals surface area contributed by atoms with Gasteiger partial charge in [-0.25, -0.2) is 8.78 Å². The monoisotopic (exact) mass is 260 g/mol. The zero-order chi connectivity index (χ0) is 13.4. The minimum atomic E-state index is -0.957. The number of carbonyl (C=O) groups excluding carboxylic acids is 1. The number of halogens is 2. The topological polar surface area (TPSA) is 32.3 Å². The molecule has 0 aliphatic carbocycles.